The van der Waals surface area contributed by atoms with Crippen LogP contribution in [0.5, 0.6) is 0 Å². The maximum Gasteiger partial charge on any atom is 0.333 e. The number of aromatic nitrogens is 2. The highest BCUT2D eigenvalue weighted by atomic mass is 16.2. The molecule has 3 N–H and O–H groups in total. The Bertz CT molecular complexity index is 641. The summed E-state index contributed by atoms with van der Waals surface area (Å²) < 4.78 is 1.43. The van der Waals surface area contributed by atoms with E-state index >= 15 is 0 Å². The van der Waals surface area contributed by atoms with E-state index in [4.69, 9.17) is 5.73 Å². The second kappa shape index (κ2) is 4.29. The summed E-state index contributed by atoms with van der Waals surface area (Å²) in [6, 6.07) is 9.08. The Morgan fingerprint density at radius 1 is 1.24 bits per heavy atom. The number of hydrogen-bond acceptors (Lipinski definition) is 3. The summed E-state index contributed by atoms with van der Waals surface area (Å²) in [4.78, 5) is 25.4. The number of hydrogen-bond donors (Lipinski definition) is 2. The molecule has 2 rings (SSSR count). The molecular weight excluding hydrogens is 218 g/mol. The van der Waals surface area contributed by atoms with Crippen molar-refractivity contribution in [1.82, 2.24) is 9.55 Å². The second-order valence-electron chi connectivity index (χ2n) is 3.64. The molecule has 2 aromatic rings. The fourth-order valence-corrected chi connectivity index (χ4v) is 1.79. The molecule has 0 amide bonds. The van der Waals surface area contributed by atoms with Gasteiger partial charge in [0.15, 0.2) is 0 Å². The standard InChI is InChI=1S/C12H13N3O2/c1-2-9-10(13)11(16)14-12(17)15(9)8-6-4-3-5-7-8/h3-7H,2,13H2,1H3,(H,14,16,17). The number of H-pyrrole nitrogens is 1. The van der Waals surface area contributed by atoms with Crippen molar-refractivity contribution in [3.63, 3.8) is 0 Å². The van der Waals surface area contributed by atoms with E-state index in [0.29, 0.717) is 17.8 Å². The Hall–Kier alpha value is -2.30. The lowest BCUT2D eigenvalue weighted by Crippen LogP contribution is -2.33. The number of nitrogens with two attached hydrogens (primary N) is 1. The zero-order valence-electron chi connectivity index (χ0n) is 9.43. The Labute approximate surface area is 97.5 Å². The van der Waals surface area contributed by atoms with Crippen LogP contribution in [0.1, 0.15) is 12.6 Å². The summed E-state index contributed by atoms with van der Waals surface area (Å²) in [5, 5.41) is 0. The maximum atomic E-state index is 11.8. The summed E-state index contributed by atoms with van der Waals surface area (Å²) in [6.45, 7) is 1.85. The van der Waals surface area contributed by atoms with Gasteiger partial charge >= 0.3 is 5.69 Å². The van der Waals surface area contributed by atoms with Crippen molar-refractivity contribution in [1.29, 1.82) is 0 Å². The third-order valence-corrected chi connectivity index (χ3v) is 2.60. The van der Waals surface area contributed by atoms with E-state index in [9.17, 15) is 9.59 Å². The fourth-order valence-electron chi connectivity index (χ4n) is 1.79. The fraction of sp³-hybridized carbons (Fsp3) is 0.167. The van der Waals surface area contributed by atoms with Crippen LogP contribution in [0.15, 0.2) is 39.9 Å². The number of nitrogen functional groups attached to an aromatic ring is 1. The van der Waals surface area contributed by atoms with Crippen molar-refractivity contribution in [3.8, 4) is 5.69 Å². The third-order valence-electron chi connectivity index (χ3n) is 2.60. The van der Waals surface area contributed by atoms with Gasteiger partial charge in [-0.25, -0.2) is 4.79 Å². The molecule has 0 unspecified atom stereocenters. The van der Waals surface area contributed by atoms with Crippen LogP contribution in [0.25, 0.3) is 5.69 Å². The van der Waals surface area contributed by atoms with Crippen LogP contribution in [0.2, 0.25) is 0 Å². The number of nitrogens with one attached hydrogen (secondary N) is 1. The minimum Gasteiger partial charge on any atom is -0.393 e. The molecule has 0 aliphatic carbocycles. The van der Waals surface area contributed by atoms with Crippen LogP contribution in [0.4, 0.5) is 5.69 Å². The van der Waals surface area contributed by atoms with Gasteiger partial charge in [-0.2, -0.15) is 0 Å². The summed E-state index contributed by atoms with van der Waals surface area (Å²) in [7, 11) is 0. The first-order valence-corrected chi connectivity index (χ1v) is 5.34. The van der Waals surface area contributed by atoms with Crippen molar-refractivity contribution >= 4 is 5.69 Å². The van der Waals surface area contributed by atoms with Crippen LogP contribution in [-0.2, 0) is 6.42 Å². The molecule has 0 atom stereocenters. The summed E-state index contributed by atoms with van der Waals surface area (Å²) >= 11 is 0. The highest BCUT2D eigenvalue weighted by Gasteiger charge is 2.11. The minimum atomic E-state index is -0.529. The van der Waals surface area contributed by atoms with Crippen LogP contribution in [0.3, 0.4) is 0 Å². The highest BCUT2D eigenvalue weighted by Crippen LogP contribution is 2.11. The van der Waals surface area contributed by atoms with E-state index < -0.39 is 11.2 Å². The van der Waals surface area contributed by atoms with Crippen molar-refractivity contribution in [2.24, 2.45) is 0 Å². The monoisotopic (exact) mass is 231 g/mol. The number of rotatable bonds is 2. The quantitative estimate of drug-likeness (QED) is 0.797. The molecule has 88 valence electrons. The van der Waals surface area contributed by atoms with Gasteiger partial charge in [0.25, 0.3) is 5.56 Å². The highest BCUT2D eigenvalue weighted by molar-refractivity contribution is 5.45. The predicted molar refractivity (Wildman–Crippen MR) is 66.5 cm³/mol. The molecule has 0 spiro atoms. The SMILES string of the molecule is CCc1c(N)c(=O)[nH]c(=O)n1-c1ccccc1. The van der Waals surface area contributed by atoms with Crippen molar-refractivity contribution in [3.05, 3.63) is 56.9 Å². The average molecular weight is 231 g/mol. The van der Waals surface area contributed by atoms with Gasteiger partial charge < -0.3 is 5.73 Å². The molecule has 5 heteroatoms. The summed E-state index contributed by atoms with van der Waals surface area (Å²) in [5.41, 5.74) is 6.02. The average Bonchev–Trinajstić information content (AvgIpc) is 2.34. The van der Waals surface area contributed by atoms with Gasteiger partial charge in [-0.1, -0.05) is 25.1 Å². The molecule has 0 fully saturated rings. The Kier molecular flexibility index (Phi) is 2.82. The van der Waals surface area contributed by atoms with E-state index in [2.05, 4.69) is 4.98 Å². The lowest BCUT2D eigenvalue weighted by Gasteiger charge is -2.12. The van der Waals surface area contributed by atoms with Crippen molar-refractivity contribution < 1.29 is 0 Å². The summed E-state index contributed by atoms with van der Waals surface area (Å²) in [5.74, 6) is 0. The maximum absolute atomic E-state index is 11.8. The zero-order chi connectivity index (χ0) is 12.4. The largest absolute Gasteiger partial charge is 0.393 e. The van der Waals surface area contributed by atoms with Gasteiger partial charge in [0.05, 0.1) is 11.4 Å². The van der Waals surface area contributed by atoms with Gasteiger partial charge in [0, 0.05) is 0 Å². The molecule has 0 aliphatic rings. The molecule has 1 heterocycles. The molecule has 5 nitrogen and oxygen atoms in total. The number of nitrogens with zero attached hydrogens (tertiary/aromatic N) is 1. The number of benzene rings is 1. The van der Waals surface area contributed by atoms with E-state index in [1.165, 1.54) is 4.57 Å². The molecule has 0 radical (unpaired) electrons. The first-order valence-electron chi connectivity index (χ1n) is 5.34. The lowest BCUT2D eigenvalue weighted by atomic mass is 10.2. The van der Waals surface area contributed by atoms with Gasteiger partial charge in [0.1, 0.15) is 5.69 Å². The van der Waals surface area contributed by atoms with Gasteiger partial charge in [-0.15, -0.1) is 0 Å². The topological polar surface area (TPSA) is 80.9 Å². The zero-order valence-corrected chi connectivity index (χ0v) is 9.43. The third kappa shape index (κ3) is 1.87. The molecule has 1 aromatic carbocycles. The number of aromatic amines is 1. The molecule has 0 saturated heterocycles. The van der Waals surface area contributed by atoms with Crippen LogP contribution < -0.4 is 17.0 Å². The lowest BCUT2D eigenvalue weighted by molar-refractivity contribution is 0.824. The Morgan fingerprint density at radius 3 is 2.47 bits per heavy atom. The molecule has 17 heavy (non-hydrogen) atoms. The smallest absolute Gasteiger partial charge is 0.333 e. The Morgan fingerprint density at radius 2 is 1.88 bits per heavy atom. The molecule has 0 aliphatic heterocycles. The van der Waals surface area contributed by atoms with Gasteiger partial charge in [0.2, 0.25) is 0 Å². The minimum absolute atomic E-state index is 0.0935. The second-order valence-corrected chi connectivity index (χ2v) is 3.64. The predicted octanol–water partition coefficient (Wildman–Crippen LogP) is 0.670. The summed E-state index contributed by atoms with van der Waals surface area (Å²) in [6.07, 6.45) is 0.514. The van der Waals surface area contributed by atoms with E-state index in [1.54, 1.807) is 12.1 Å². The van der Waals surface area contributed by atoms with E-state index in [0.717, 1.165) is 0 Å². The normalized spacial score (nSPS) is 10.4. The molecule has 1 aromatic heterocycles. The van der Waals surface area contributed by atoms with Gasteiger partial charge in [-0.3, -0.25) is 14.3 Å². The van der Waals surface area contributed by atoms with E-state index in [1.807, 2.05) is 25.1 Å². The van der Waals surface area contributed by atoms with Crippen molar-refractivity contribution in [2.45, 2.75) is 13.3 Å². The van der Waals surface area contributed by atoms with Crippen molar-refractivity contribution in [2.75, 3.05) is 5.73 Å². The van der Waals surface area contributed by atoms with Gasteiger partial charge in [-0.05, 0) is 18.6 Å². The van der Waals surface area contributed by atoms with E-state index in [-0.39, 0.29) is 5.69 Å². The van der Waals surface area contributed by atoms with Crippen LogP contribution >= 0.6 is 0 Å². The van der Waals surface area contributed by atoms with Crippen LogP contribution in [-0.4, -0.2) is 9.55 Å². The number of para-hydroxylation sites is 1. The first kappa shape index (κ1) is 11.2. The molecular formula is C12H13N3O2. The number of anilines is 1. The Balaban J connectivity index is 2.83. The van der Waals surface area contributed by atoms with Crippen LogP contribution in [0, 0.1) is 0 Å². The first-order chi connectivity index (χ1) is 8.15. The molecule has 0 bridgehead atoms. The molecule has 0 saturated carbocycles.